The lowest BCUT2D eigenvalue weighted by atomic mass is 9.96. The first-order valence-electron chi connectivity index (χ1n) is 4.99. The highest BCUT2D eigenvalue weighted by Crippen LogP contribution is 2.24. The third-order valence-corrected chi connectivity index (χ3v) is 2.29. The standard InChI is InChI=1S/C10H8N2O8/c13-7(14)3(8(15)16)5-6(12-2-1-11-5)4(9(17)18)10(19)20/h1-4H,(H,13,14)(H,15,16)(H,17,18)(H,19,20). The summed E-state index contributed by atoms with van der Waals surface area (Å²) < 4.78 is 0. The summed E-state index contributed by atoms with van der Waals surface area (Å²) in [7, 11) is 0. The van der Waals surface area contributed by atoms with Gasteiger partial charge < -0.3 is 20.4 Å². The van der Waals surface area contributed by atoms with Crippen molar-refractivity contribution in [3.8, 4) is 0 Å². The molecule has 20 heavy (non-hydrogen) atoms. The highest BCUT2D eigenvalue weighted by Gasteiger charge is 2.39. The summed E-state index contributed by atoms with van der Waals surface area (Å²) in [6.07, 6.45) is 1.89. The molecule has 0 spiro atoms. The van der Waals surface area contributed by atoms with Crippen molar-refractivity contribution in [1.82, 2.24) is 9.97 Å². The third-order valence-electron chi connectivity index (χ3n) is 2.29. The number of rotatable bonds is 6. The molecule has 1 heterocycles. The summed E-state index contributed by atoms with van der Waals surface area (Å²) in [5.74, 6) is -11.7. The zero-order valence-electron chi connectivity index (χ0n) is 9.63. The van der Waals surface area contributed by atoms with Crippen LogP contribution >= 0.6 is 0 Å². The lowest BCUT2D eigenvalue weighted by molar-refractivity contribution is -0.153. The Hall–Kier alpha value is -3.04. The van der Waals surface area contributed by atoms with Gasteiger partial charge in [-0.25, -0.2) is 0 Å². The summed E-state index contributed by atoms with van der Waals surface area (Å²) in [5.41, 5.74) is -1.47. The third kappa shape index (κ3) is 2.85. The Labute approximate surface area is 110 Å². The van der Waals surface area contributed by atoms with E-state index < -0.39 is 47.1 Å². The number of carbonyl (C=O) groups is 4. The van der Waals surface area contributed by atoms with Gasteiger partial charge in [0.1, 0.15) is 0 Å². The Bertz CT molecular complexity index is 505. The van der Waals surface area contributed by atoms with Gasteiger partial charge in [0, 0.05) is 12.4 Å². The molecule has 0 amide bonds. The number of hydrogen-bond donors (Lipinski definition) is 4. The second-order valence-electron chi connectivity index (χ2n) is 3.55. The summed E-state index contributed by atoms with van der Waals surface area (Å²) in [6, 6.07) is 0. The van der Waals surface area contributed by atoms with Crippen LogP contribution in [0.5, 0.6) is 0 Å². The van der Waals surface area contributed by atoms with Crippen molar-refractivity contribution in [3.63, 3.8) is 0 Å². The van der Waals surface area contributed by atoms with Crippen LogP contribution in [0, 0.1) is 0 Å². The van der Waals surface area contributed by atoms with Crippen LogP contribution in [0.1, 0.15) is 23.2 Å². The molecule has 106 valence electrons. The summed E-state index contributed by atoms with van der Waals surface area (Å²) in [5, 5.41) is 35.3. The normalized spacial score (nSPS) is 10.5. The molecule has 0 bridgehead atoms. The van der Waals surface area contributed by atoms with E-state index in [0.29, 0.717) is 0 Å². The summed E-state index contributed by atoms with van der Waals surface area (Å²) in [4.78, 5) is 50.6. The monoisotopic (exact) mass is 284 g/mol. The molecule has 1 aromatic rings. The number of carboxylic acids is 4. The molecular formula is C10H8N2O8. The molecule has 0 aromatic carbocycles. The van der Waals surface area contributed by atoms with Gasteiger partial charge in [-0.1, -0.05) is 0 Å². The zero-order valence-corrected chi connectivity index (χ0v) is 9.63. The highest BCUT2D eigenvalue weighted by atomic mass is 16.4. The van der Waals surface area contributed by atoms with E-state index in [1.807, 2.05) is 0 Å². The second-order valence-corrected chi connectivity index (χ2v) is 3.55. The molecule has 0 saturated carbocycles. The fourth-order valence-electron chi connectivity index (χ4n) is 1.48. The molecule has 10 heteroatoms. The minimum atomic E-state index is -2.21. The van der Waals surface area contributed by atoms with Crippen LogP contribution in [-0.2, 0) is 19.2 Å². The smallest absolute Gasteiger partial charge is 0.324 e. The lowest BCUT2D eigenvalue weighted by Gasteiger charge is -2.13. The minimum Gasteiger partial charge on any atom is -0.480 e. The van der Waals surface area contributed by atoms with Gasteiger partial charge in [0.15, 0.2) is 11.8 Å². The molecular weight excluding hydrogens is 276 g/mol. The van der Waals surface area contributed by atoms with Gasteiger partial charge in [-0.3, -0.25) is 29.1 Å². The molecule has 0 saturated heterocycles. The number of aliphatic carboxylic acids is 4. The first kappa shape index (κ1) is 15.0. The largest absolute Gasteiger partial charge is 0.480 e. The van der Waals surface area contributed by atoms with Crippen LogP contribution in [0.3, 0.4) is 0 Å². The summed E-state index contributed by atoms with van der Waals surface area (Å²) in [6.45, 7) is 0. The van der Waals surface area contributed by atoms with Gasteiger partial charge >= 0.3 is 23.9 Å². The van der Waals surface area contributed by atoms with Crippen molar-refractivity contribution in [1.29, 1.82) is 0 Å². The predicted molar refractivity (Wildman–Crippen MR) is 58.1 cm³/mol. The Morgan fingerprint density at radius 2 is 0.950 bits per heavy atom. The van der Waals surface area contributed by atoms with Crippen molar-refractivity contribution in [3.05, 3.63) is 23.8 Å². The second kappa shape index (κ2) is 5.73. The molecule has 10 nitrogen and oxygen atoms in total. The molecule has 0 radical (unpaired) electrons. The molecule has 0 aliphatic carbocycles. The Kier molecular flexibility index (Phi) is 4.31. The number of hydrogen-bond acceptors (Lipinski definition) is 6. The van der Waals surface area contributed by atoms with Gasteiger partial charge in [0.2, 0.25) is 0 Å². The molecule has 4 N–H and O–H groups in total. The van der Waals surface area contributed by atoms with E-state index in [-0.39, 0.29) is 0 Å². The van der Waals surface area contributed by atoms with Crippen LogP contribution in [0.2, 0.25) is 0 Å². The fourth-order valence-corrected chi connectivity index (χ4v) is 1.48. The average molecular weight is 284 g/mol. The molecule has 0 fully saturated rings. The molecule has 0 aliphatic heterocycles. The van der Waals surface area contributed by atoms with E-state index in [1.165, 1.54) is 0 Å². The average Bonchev–Trinajstić information content (AvgIpc) is 2.29. The van der Waals surface area contributed by atoms with E-state index in [1.54, 1.807) is 0 Å². The minimum absolute atomic E-state index is 0.734. The zero-order chi connectivity index (χ0) is 15.4. The SMILES string of the molecule is O=C(O)C(C(=O)O)c1nccnc1C(C(=O)O)C(=O)O. The first-order valence-corrected chi connectivity index (χ1v) is 4.99. The first-order chi connectivity index (χ1) is 9.27. The topological polar surface area (TPSA) is 175 Å². The molecule has 1 aromatic heterocycles. The van der Waals surface area contributed by atoms with Crippen LogP contribution in [0.15, 0.2) is 12.4 Å². The van der Waals surface area contributed by atoms with Crippen molar-refractivity contribution >= 4 is 23.9 Å². The number of nitrogens with zero attached hydrogens (tertiary/aromatic N) is 2. The highest BCUT2D eigenvalue weighted by molar-refractivity contribution is 6.02. The van der Waals surface area contributed by atoms with Crippen LogP contribution in [-0.4, -0.2) is 54.3 Å². The maximum atomic E-state index is 10.9. The van der Waals surface area contributed by atoms with Crippen molar-refractivity contribution in [2.45, 2.75) is 11.8 Å². The molecule has 0 atom stereocenters. The van der Waals surface area contributed by atoms with Gasteiger partial charge in [0.05, 0.1) is 11.4 Å². The Balaban J connectivity index is 3.50. The van der Waals surface area contributed by atoms with Crippen molar-refractivity contribution in [2.24, 2.45) is 0 Å². The summed E-state index contributed by atoms with van der Waals surface area (Å²) >= 11 is 0. The van der Waals surface area contributed by atoms with Crippen LogP contribution in [0.4, 0.5) is 0 Å². The van der Waals surface area contributed by atoms with Gasteiger partial charge in [-0.05, 0) is 0 Å². The van der Waals surface area contributed by atoms with E-state index in [4.69, 9.17) is 20.4 Å². The van der Waals surface area contributed by atoms with Crippen LogP contribution in [0.25, 0.3) is 0 Å². The van der Waals surface area contributed by atoms with E-state index in [0.717, 1.165) is 12.4 Å². The molecule has 1 rings (SSSR count). The molecule has 0 aliphatic rings. The van der Waals surface area contributed by atoms with E-state index in [9.17, 15) is 19.2 Å². The van der Waals surface area contributed by atoms with Gasteiger partial charge in [-0.2, -0.15) is 0 Å². The quantitative estimate of drug-likeness (QED) is 0.473. The predicted octanol–water partition coefficient (Wildman–Crippen LogP) is -1.02. The van der Waals surface area contributed by atoms with Crippen molar-refractivity contribution < 1.29 is 39.6 Å². The Morgan fingerprint density at radius 1 is 0.700 bits per heavy atom. The lowest BCUT2D eigenvalue weighted by Crippen LogP contribution is -2.29. The van der Waals surface area contributed by atoms with E-state index >= 15 is 0 Å². The maximum Gasteiger partial charge on any atom is 0.324 e. The molecule has 0 unspecified atom stereocenters. The van der Waals surface area contributed by atoms with Crippen molar-refractivity contribution in [2.75, 3.05) is 0 Å². The van der Waals surface area contributed by atoms with Gasteiger partial charge in [0.25, 0.3) is 0 Å². The van der Waals surface area contributed by atoms with E-state index in [2.05, 4.69) is 9.97 Å². The Morgan fingerprint density at radius 3 is 1.15 bits per heavy atom. The van der Waals surface area contributed by atoms with Gasteiger partial charge in [-0.15, -0.1) is 0 Å². The fraction of sp³-hybridized carbons (Fsp3) is 0.200. The number of aromatic nitrogens is 2. The van der Waals surface area contributed by atoms with Crippen LogP contribution < -0.4 is 0 Å². The number of carboxylic acid groups (broad SMARTS) is 4. The maximum absolute atomic E-state index is 10.9.